The Bertz CT molecular complexity index is 1040. The number of pyridine rings is 2. The molecule has 0 aliphatic carbocycles. The average Bonchev–Trinajstić information content (AvgIpc) is 2.72. The zero-order valence-corrected chi connectivity index (χ0v) is 16.9. The molecule has 0 aliphatic rings. The van der Waals surface area contributed by atoms with Gasteiger partial charge in [0, 0.05) is 46.6 Å². The van der Waals surface area contributed by atoms with E-state index in [9.17, 15) is 0 Å². The van der Waals surface area contributed by atoms with Crippen molar-refractivity contribution in [3.05, 3.63) is 72.1 Å². The van der Waals surface area contributed by atoms with Crippen LogP contribution in [-0.4, -0.2) is 36.3 Å². The molecule has 2 N–H and O–H groups in total. The van der Waals surface area contributed by atoms with Crippen molar-refractivity contribution in [1.82, 2.24) is 9.97 Å². The summed E-state index contributed by atoms with van der Waals surface area (Å²) in [7, 11) is 0. The second-order valence-corrected chi connectivity index (χ2v) is 7.12. The number of anilines is 2. The molecule has 2 aromatic carbocycles. The van der Waals surface area contributed by atoms with Gasteiger partial charge in [-0.25, -0.2) is 0 Å². The molecule has 2 heterocycles. The van der Waals surface area contributed by atoms with Crippen molar-refractivity contribution in [2.75, 3.05) is 36.9 Å². The van der Waals surface area contributed by atoms with Crippen molar-refractivity contribution in [2.24, 2.45) is 0 Å². The lowest BCUT2D eigenvalue weighted by Gasteiger charge is -2.12. The summed E-state index contributed by atoms with van der Waals surface area (Å²) in [5.41, 5.74) is 6.26. The molecular formula is C24H26N4O. The Morgan fingerprint density at radius 2 is 1.14 bits per heavy atom. The molecule has 4 rings (SSSR count). The van der Waals surface area contributed by atoms with Crippen LogP contribution in [0.15, 0.2) is 60.7 Å². The van der Waals surface area contributed by atoms with Gasteiger partial charge in [0.1, 0.15) is 0 Å². The molecular weight excluding hydrogens is 360 g/mol. The monoisotopic (exact) mass is 386 g/mol. The smallest absolute Gasteiger partial charge is 0.0725 e. The van der Waals surface area contributed by atoms with Gasteiger partial charge >= 0.3 is 0 Å². The largest absolute Gasteiger partial charge is 0.382 e. The molecule has 0 aliphatic heterocycles. The maximum Gasteiger partial charge on any atom is 0.0725 e. The van der Waals surface area contributed by atoms with Crippen LogP contribution in [0.1, 0.15) is 11.4 Å². The third-order valence-electron chi connectivity index (χ3n) is 4.81. The first-order valence-electron chi connectivity index (χ1n) is 9.99. The van der Waals surface area contributed by atoms with Gasteiger partial charge in [-0.3, -0.25) is 9.97 Å². The number of nitrogens with zero attached hydrogens (tertiary/aromatic N) is 2. The molecule has 0 fully saturated rings. The van der Waals surface area contributed by atoms with E-state index in [1.165, 1.54) is 0 Å². The van der Waals surface area contributed by atoms with Gasteiger partial charge in [-0.1, -0.05) is 36.4 Å². The summed E-state index contributed by atoms with van der Waals surface area (Å²) in [6.07, 6.45) is 0. The fourth-order valence-corrected chi connectivity index (χ4v) is 3.53. The predicted molar refractivity (Wildman–Crippen MR) is 121 cm³/mol. The quantitative estimate of drug-likeness (QED) is 0.420. The number of hydrogen-bond donors (Lipinski definition) is 2. The number of rotatable bonds is 8. The SMILES string of the molecule is Cc1cc(NCCOCCNc2cc(C)nc3ccccc23)c2ccccc2n1. The molecule has 0 spiro atoms. The highest BCUT2D eigenvalue weighted by atomic mass is 16.5. The molecule has 4 aromatic rings. The number of para-hydroxylation sites is 2. The Hall–Kier alpha value is -3.18. The van der Waals surface area contributed by atoms with E-state index in [1.54, 1.807) is 0 Å². The van der Waals surface area contributed by atoms with Crippen molar-refractivity contribution in [1.29, 1.82) is 0 Å². The summed E-state index contributed by atoms with van der Waals surface area (Å²) in [4.78, 5) is 9.16. The predicted octanol–water partition coefficient (Wildman–Crippen LogP) is 4.94. The molecule has 0 saturated heterocycles. The Morgan fingerprint density at radius 1 is 0.690 bits per heavy atom. The first-order valence-corrected chi connectivity index (χ1v) is 9.99. The summed E-state index contributed by atoms with van der Waals surface area (Å²) >= 11 is 0. The number of fused-ring (bicyclic) bond motifs is 2. The Labute approximate surface area is 171 Å². The van der Waals surface area contributed by atoms with Gasteiger partial charge in [0.25, 0.3) is 0 Å². The number of aryl methyl sites for hydroxylation is 2. The van der Waals surface area contributed by atoms with Gasteiger partial charge in [0.15, 0.2) is 0 Å². The first-order chi connectivity index (χ1) is 14.2. The second kappa shape index (κ2) is 8.88. The Morgan fingerprint density at radius 3 is 1.62 bits per heavy atom. The molecule has 5 heteroatoms. The average molecular weight is 386 g/mol. The van der Waals surface area contributed by atoms with Crippen molar-refractivity contribution in [2.45, 2.75) is 13.8 Å². The van der Waals surface area contributed by atoms with Crippen LogP contribution in [0.25, 0.3) is 21.8 Å². The van der Waals surface area contributed by atoms with E-state index in [2.05, 4.69) is 44.9 Å². The summed E-state index contributed by atoms with van der Waals surface area (Å²) < 4.78 is 5.81. The molecule has 0 amide bonds. The lowest BCUT2D eigenvalue weighted by atomic mass is 10.1. The third kappa shape index (κ3) is 4.63. The molecule has 148 valence electrons. The lowest BCUT2D eigenvalue weighted by Crippen LogP contribution is -2.15. The molecule has 5 nitrogen and oxygen atoms in total. The van der Waals surface area contributed by atoms with Crippen LogP contribution >= 0.6 is 0 Å². The van der Waals surface area contributed by atoms with E-state index in [0.29, 0.717) is 13.2 Å². The number of hydrogen-bond acceptors (Lipinski definition) is 5. The fraction of sp³-hybridized carbons (Fsp3) is 0.250. The third-order valence-corrected chi connectivity index (χ3v) is 4.81. The van der Waals surface area contributed by atoms with Gasteiger partial charge in [0.05, 0.1) is 24.2 Å². The van der Waals surface area contributed by atoms with Crippen LogP contribution < -0.4 is 10.6 Å². The first kappa shape index (κ1) is 19.2. The molecule has 0 radical (unpaired) electrons. The highest BCUT2D eigenvalue weighted by Gasteiger charge is 2.04. The standard InChI is InChI=1S/C24H26N4O/c1-17-15-23(19-7-3-5-9-21(19)27-17)25-11-13-29-14-12-26-24-16-18(2)28-22-10-6-4-8-20(22)24/h3-10,15-16H,11-14H2,1-2H3,(H,25,27)(H,26,28). The van der Waals surface area contributed by atoms with Crippen LogP contribution in [0, 0.1) is 13.8 Å². The van der Waals surface area contributed by atoms with Crippen LogP contribution in [0.4, 0.5) is 11.4 Å². The van der Waals surface area contributed by atoms with Crippen LogP contribution in [-0.2, 0) is 4.74 Å². The van der Waals surface area contributed by atoms with E-state index in [1.807, 2.05) is 50.2 Å². The summed E-state index contributed by atoms with van der Waals surface area (Å²) in [6.45, 7) is 6.84. The molecule has 2 aromatic heterocycles. The zero-order chi connectivity index (χ0) is 20.1. The van der Waals surface area contributed by atoms with Gasteiger partial charge < -0.3 is 15.4 Å². The molecule has 0 atom stereocenters. The fourth-order valence-electron chi connectivity index (χ4n) is 3.53. The normalized spacial score (nSPS) is 11.1. The maximum absolute atomic E-state index is 5.81. The van der Waals surface area contributed by atoms with Gasteiger partial charge in [-0.05, 0) is 38.1 Å². The van der Waals surface area contributed by atoms with Crippen LogP contribution in [0.3, 0.4) is 0 Å². The van der Waals surface area contributed by atoms with E-state index in [0.717, 1.165) is 57.7 Å². The summed E-state index contributed by atoms with van der Waals surface area (Å²) in [5.74, 6) is 0. The molecule has 0 saturated carbocycles. The number of benzene rings is 2. The lowest BCUT2D eigenvalue weighted by molar-refractivity contribution is 0.154. The van der Waals surface area contributed by atoms with Crippen molar-refractivity contribution < 1.29 is 4.74 Å². The van der Waals surface area contributed by atoms with Crippen molar-refractivity contribution >= 4 is 33.2 Å². The summed E-state index contributed by atoms with van der Waals surface area (Å²) in [6, 6.07) is 20.5. The topological polar surface area (TPSA) is 59.1 Å². The molecule has 29 heavy (non-hydrogen) atoms. The zero-order valence-electron chi connectivity index (χ0n) is 16.9. The highest BCUT2D eigenvalue weighted by molar-refractivity contribution is 5.92. The number of aromatic nitrogens is 2. The second-order valence-electron chi connectivity index (χ2n) is 7.12. The highest BCUT2D eigenvalue weighted by Crippen LogP contribution is 2.23. The van der Waals surface area contributed by atoms with Crippen LogP contribution in [0.5, 0.6) is 0 Å². The molecule has 0 bridgehead atoms. The van der Waals surface area contributed by atoms with E-state index >= 15 is 0 Å². The van der Waals surface area contributed by atoms with Crippen molar-refractivity contribution in [3.8, 4) is 0 Å². The summed E-state index contributed by atoms with van der Waals surface area (Å²) in [5, 5.41) is 9.23. The van der Waals surface area contributed by atoms with E-state index < -0.39 is 0 Å². The van der Waals surface area contributed by atoms with E-state index in [4.69, 9.17) is 4.74 Å². The van der Waals surface area contributed by atoms with Gasteiger partial charge in [0.2, 0.25) is 0 Å². The van der Waals surface area contributed by atoms with Gasteiger partial charge in [-0.2, -0.15) is 0 Å². The minimum atomic E-state index is 0.646. The van der Waals surface area contributed by atoms with Gasteiger partial charge in [-0.15, -0.1) is 0 Å². The number of ether oxygens (including phenoxy) is 1. The number of nitrogens with one attached hydrogen (secondary N) is 2. The Kier molecular flexibility index (Phi) is 5.86. The molecule has 0 unspecified atom stereocenters. The Balaban J connectivity index is 1.25. The van der Waals surface area contributed by atoms with Crippen molar-refractivity contribution in [3.63, 3.8) is 0 Å². The minimum absolute atomic E-state index is 0.646. The van der Waals surface area contributed by atoms with Crippen LogP contribution in [0.2, 0.25) is 0 Å². The maximum atomic E-state index is 5.81. The van der Waals surface area contributed by atoms with E-state index in [-0.39, 0.29) is 0 Å². The minimum Gasteiger partial charge on any atom is -0.382 e.